The summed E-state index contributed by atoms with van der Waals surface area (Å²) in [5, 5.41) is 0. The standard InChI is InChI=1S/C17H20O5/c1-4-5-14(18)22-17-15(19)12-7-6-11(21-9-10(2)3)8-13(12)16(17)20/h6-8,10,17H,4-5,9H2,1-3H3. The van der Waals surface area contributed by atoms with Gasteiger partial charge in [-0.15, -0.1) is 0 Å². The van der Waals surface area contributed by atoms with Crippen LogP contribution in [0, 0.1) is 5.92 Å². The predicted molar refractivity (Wildman–Crippen MR) is 80.2 cm³/mol. The van der Waals surface area contributed by atoms with Crippen molar-refractivity contribution in [2.24, 2.45) is 5.92 Å². The molecule has 1 unspecified atom stereocenters. The number of ether oxygens (including phenoxy) is 2. The zero-order chi connectivity index (χ0) is 16.3. The highest BCUT2D eigenvalue weighted by atomic mass is 16.6. The van der Waals surface area contributed by atoms with Crippen LogP contribution in [-0.2, 0) is 9.53 Å². The third-order valence-corrected chi connectivity index (χ3v) is 3.28. The summed E-state index contributed by atoms with van der Waals surface area (Å²) < 4.78 is 10.6. The van der Waals surface area contributed by atoms with Crippen molar-refractivity contribution in [2.75, 3.05) is 6.61 Å². The zero-order valence-electron chi connectivity index (χ0n) is 13.0. The minimum absolute atomic E-state index is 0.191. The number of rotatable bonds is 6. The van der Waals surface area contributed by atoms with Gasteiger partial charge in [-0.3, -0.25) is 14.4 Å². The van der Waals surface area contributed by atoms with E-state index in [1.807, 2.05) is 20.8 Å². The summed E-state index contributed by atoms with van der Waals surface area (Å²) >= 11 is 0. The lowest BCUT2D eigenvalue weighted by atomic mass is 10.1. The van der Waals surface area contributed by atoms with Crippen LogP contribution in [0.3, 0.4) is 0 Å². The first-order valence-electron chi connectivity index (χ1n) is 7.48. The number of hydrogen-bond acceptors (Lipinski definition) is 5. The molecule has 1 aromatic rings. The Morgan fingerprint density at radius 2 is 1.86 bits per heavy atom. The molecule has 0 aromatic heterocycles. The molecule has 5 nitrogen and oxygen atoms in total. The SMILES string of the molecule is CCCC(=O)OC1C(=O)c2ccc(OCC(C)C)cc2C1=O. The summed E-state index contributed by atoms with van der Waals surface area (Å²) in [4.78, 5) is 36.0. The number of hydrogen-bond donors (Lipinski definition) is 0. The first-order chi connectivity index (χ1) is 10.4. The molecule has 5 heteroatoms. The van der Waals surface area contributed by atoms with Crippen LogP contribution in [0.5, 0.6) is 5.75 Å². The molecule has 0 bridgehead atoms. The van der Waals surface area contributed by atoms with Crippen molar-refractivity contribution in [1.82, 2.24) is 0 Å². The summed E-state index contributed by atoms with van der Waals surface area (Å²) in [6, 6.07) is 4.76. The third kappa shape index (κ3) is 3.35. The van der Waals surface area contributed by atoms with Gasteiger partial charge in [0.2, 0.25) is 17.7 Å². The van der Waals surface area contributed by atoms with E-state index in [0.717, 1.165) is 0 Å². The minimum Gasteiger partial charge on any atom is -0.493 e. The van der Waals surface area contributed by atoms with Gasteiger partial charge in [0.1, 0.15) is 5.75 Å². The van der Waals surface area contributed by atoms with Crippen molar-refractivity contribution in [1.29, 1.82) is 0 Å². The molecule has 0 N–H and O–H groups in total. The molecule has 0 radical (unpaired) electrons. The molecule has 0 saturated heterocycles. The second-order valence-electron chi connectivity index (χ2n) is 5.76. The molecule has 1 atom stereocenters. The Morgan fingerprint density at radius 3 is 2.50 bits per heavy atom. The van der Waals surface area contributed by atoms with Crippen LogP contribution >= 0.6 is 0 Å². The molecule has 0 saturated carbocycles. The second-order valence-corrected chi connectivity index (χ2v) is 5.76. The van der Waals surface area contributed by atoms with Crippen molar-refractivity contribution < 1.29 is 23.9 Å². The number of fused-ring (bicyclic) bond motifs is 1. The highest BCUT2D eigenvalue weighted by molar-refractivity contribution is 6.29. The van der Waals surface area contributed by atoms with E-state index in [9.17, 15) is 14.4 Å². The molecule has 1 aliphatic rings. The lowest BCUT2D eigenvalue weighted by Crippen LogP contribution is -2.28. The topological polar surface area (TPSA) is 69.7 Å². The molecular weight excluding hydrogens is 284 g/mol. The molecule has 118 valence electrons. The monoisotopic (exact) mass is 304 g/mol. The maximum atomic E-state index is 12.3. The largest absolute Gasteiger partial charge is 0.493 e. The molecule has 2 rings (SSSR count). The van der Waals surface area contributed by atoms with Crippen molar-refractivity contribution >= 4 is 17.5 Å². The van der Waals surface area contributed by atoms with E-state index in [-0.39, 0.29) is 17.5 Å². The van der Waals surface area contributed by atoms with Gasteiger partial charge in [-0.25, -0.2) is 0 Å². The summed E-state index contributed by atoms with van der Waals surface area (Å²) in [6.07, 6.45) is -0.543. The van der Waals surface area contributed by atoms with Gasteiger partial charge in [-0.05, 0) is 30.5 Å². The van der Waals surface area contributed by atoms with E-state index in [1.165, 1.54) is 0 Å². The highest BCUT2D eigenvalue weighted by Crippen LogP contribution is 2.28. The van der Waals surface area contributed by atoms with Crippen LogP contribution in [0.2, 0.25) is 0 Å². The number of Topliss-reactive ketones (excluding diaryl/α,β-unsaturated/α-hetero) is 2. The van der Waals surface area contributed by atoms with E-state index in [1.54, 1.807) is 18.2 Å². The molecule has 0 amide bonds. The van der Waals surface area contributed by atoms with Gasteiger partial charge in [0, 0.05) is 17.5 Å². The molecule has 0 heterocycles. The quantitative estimate of drug-likeness (QED) is 0.597. The maximum Gasteiger partial charge on any atom is 0.306 e. The molecule has 1 aliphatic carbocycles. The summed E-state index contributed by atoms with van der Waals surface area (Å²) in [7, 11) is 0. The van der Waals surface area contributed by atoms with Gasteiger partial charge in [0.25, 0.3) is 0 Å². The van der Waals surface area contributed by atoms with Crippen LogP contribution in [0.4, 0.5) is 0 Å². The van der Waals surface area contributed by atoms with E-state index in [4.69, 9.17) is 9.47 Å². The van der Waals surface area contributed by atoms with Crippen LogP contribution in [0.1, 0.15) is 54.3 Å². The maximum absolute atomic E-state index is 12.3. The summed E-state index contributed by atoms with van der Waals surface area (Å²) in [5.74, 6) is -0.569. The molecule has 0 spiro atoms. The van der Waals surface area contributed by atoms with Crippen molar-refractivity contribution in [3.8, 4) is 5.75 Å². The van der Waals surface area contributed by atoms with E-state index >= 15 is 0 Å². The summed E-state index contributed by atoms with van der Waals surface area (Å²) in [6.45, 7) is 6.39. The van der Waals surface area contributed by atoms with Gasteiger partial charge >= 0.3 is 5.97 Å². The Kier molecular flexibility index (Phi) is 4.96. The van der Waals surface area contributed by atoms with Crippen LogP contribution in [0.25, 0.3) is 0 Å². The first-order valence-corrected chi connectivity index (χ1v) is 7.48. The average Bonchev–Trinajstić information content (AvgIpc) is 2.70. The van der Waals surface area contributed by atoms with E-state index < -0.39 is 23.6 Å². The van der Waals surface area contributed by atoms with Crippen molar-refractivity contribution in [3.05, 3.63) is 29.3 Å². The summed E-state index contributed by atoms with van der Waals surface area (Å²) in [5.41, 5.74) is 0.553. The van der Waals surface area contributed by atoms with E-state index in [0.29, 0.717) is 24.7 Å². The van der Waals surface area contributed by atoms with Gasteiger partial charge in [0.05, 0.1) is 6.61 Å². The number of ketones is 2. The minimum atomic E-state index is -1.34. The van der Waals surface area contributed by atoms with Gasteiger partial charge < -0.3 is 9.47 Å². The Morgan fingerprint density at radius 1 is 1.18 bits per heavy atom. The molecule has 22 heavy (non-hydrogen) atoms. The number of carbonyl (C=O) groups excluding carboxylic acids is 3. The lowest BCUT2D eigenvalue weighted by molar-refractivity contribution is -0.145. The number of carbonyl (C=O) groups is 3. The fourth-order valence-corrected chi connectivity index (χ4v) is 2.20. The molecular formula is C17H20O5. The average molecular weight is 304 g/mol. The van der Waals surface area contributed by atoms with Crippen LogP contribution < -0.4 is 4.74 Å². The van der Waals surface area contributed by atoms with Crippen LogP contribution in [0.15, 0.2) is 18.2 Å². The normalized spacial score (nSPS) is 16.8. The van der Waals surface area contributed by atoms with Crippen molar-refractivity contribution in [3.63, 3.8) is 0 Å². The third-order valence-electron chi connectivity index (χ3n) is 3.28. The van der Waals surface area contributed by atoms with E-state index in [2.05, 4.69) is 0 Å². The lowest BCUT2D eigenvalue weighted by Gasteiger charge is -2.09. The Hall–Kier alpha value is -2.17. The van der Waals surface area contributed by atoms with Gasteiger partial charge in [0.15, 0.2) is 0 Å². The van der Waals surface area contributed by atoms with Gasteiger partial charge in [-0.2, -0.15) is 0 Å². The fourth-order valence-electron chi connectivity index (χ4n) is 2.20. The highest BCUT2D eigenvalue weighted by Gasteiger charge is 2.41. The number of esters is 1. The van der Waals surface area contributed by atoms with Crippen molar-refractivity contribution in [2.45, 2.75) is 39.7 Å². The van der Waals surface area contributed by atoms with Crippen LogP contribution in [-0.4, -0.2) is 30.2 Å². The first kappa shape index (κ1) is 16.2. The predicted octanol–water partition coefficient (Wildman–Crippen LogP) is 2.81. The second kappa shape index (κ2) is 6.73. The Balaban J connectivity index is 2.17. The van der Waals surface area contributed by atoms with Gasteiger partial charge in [-0.1, -0.05) is 20.8 Å². The zero-order valence-corrected chi connectivity index (χ0v) is 13.0. The Bertz CT molecular complexity index is 603. The molecule has 0 aliphatic heterocycles. The fraction of sp³-hybridized carbons (Fsp3) is 0.471. The smallest absolute Gasteiger partial charge is 0.306 e. The number of benzene rings is 1. The molecule has 0 fully saturated rings. The Labute approximate surface area is 129 Å². The molecule has 1 aromatic carbocycles.